The van der Waals surface area contributed by atoms with Crippen molar-refractivity contribution in [3.63, 3.8) is 0 Å². The number of carbonyl (C=O) groups is 1. The molecule has 2 aliphatic heterocycles. The minimum atomic E-state index is -0.0236. The molecule has 0 fully saturated rings. The van der Waals surface area contributed by atoms with E-state index in [1.54, 1.807) is 0 Å². The summed E-state index contributed by atoms with van der Waals surface area (Å²) in [6.45, 7) is 3.11. The normalized spacial score (nSPS) is 16.3. The zero-order valence-electron chi connectivity index (χ0n) is 14.2. The first-order valence-corrected chi connectivity index (χ1v) is 8.79. The molecule has 2 aliphatic rings. The summed E-state index contributed by atoms with van der Waals surface area (Å²) in [5.74, 6) is -0.0236. The molecule has 128 valence electrons. The van der Waals surface area contributed by atoms with Crippen LogP contribution in [0.1, 0.15) is 17.5 Å². The first kappa shape index (κ1) is 15.9. The highest BCUT2D eigenvalue weighted by molar-refractivity contribution is 6.03. The van der Waals surface area contributed by atoms with Gasteiger partial charge in [-0.3, -0.25) is 4.79 Å². The molecule has 0 saturated carbocycles. The maximum Gasteiger partial charge on any atom is 0.251 e. The average Bonchev–Trinajstić information content (AvgIpc) is 3.07. The molecule has 2 aromatic rings. The summed E-state index contributed by atoms with van der Waals surface area (Å²) in [5.41, 5.74) is 5.66. The van der Waals surface area contributed by atoms with E-state index < -0.39 is 0 Å². The summed E-state index contributed by atoms with van der Waals surface area (Å²) in [6, 6.07) is 16.7. The Morgan fingerprint density at radius 1 is 1.08 bits per heavy atom. The lowest BCUT2D eigenvalue weighted by molar-refractivity contribution is -0.113. The lowest BCUT2D eigenvalue weighted by Gasteiger charge is -2.19. The summed E-state index contributed by atoms with van der Waals surface area (Å²) >= 11 is 0. The van der Waals surface area contributed by atoms with Crippen LogP contribution < -0.4 is 10.2 Å². The molecule has 1 N–H and O–H groups in total. The van der Waals surface area contributed by atoms with Gasteiger partial charge in [0.15, 0.2) is 0 Å². The maximum absolute atomic E-state index is 12.2. The predicted octanol–water partition coefficient (Wildman–Crippen LogP) is 3.53. The number of nitrogens with zero attached hydrogens (tertiary/aromatic N) is 1. The number of hydrogen-bond acceptors (Lipinski definition) is 3. The molecular weight excluding hydrogens is 312 g/mol. The maximum atomic E-state index is 12.2. The van der Waals surface area contributed by atoms with Gasteiger partial charge in [0.05, 0.1) is 13.2 Å². The Kier molecular flexibility index (Phi) is 4.53. The van der Waals surface area contributed by atoms with E-state index in [1.807, 2.05) is 18.2 Å². The van der Waals surface area contributed by atoms with Crippen LogP contribution in [0.3, 0.4) is 0 Å². The zero-order chi connectivity index (χ0) is 17.1. The number of fused-ring (bicyclic) bond motifs is 1. The smallest absolute Gasteiger partial charge is 0.251 e. The summed E-state index contributed by atoms with van der Waals surface area (Å²) in [6.07, 6.45) is 3.65. The van der Waals surface area contributed by atoms with E-state index >= 15 is 0 Å². The number of benzene rings is 2. The standard InChI is InChI=1S/C21H22N2O2/c24-21(18-10-13-25-14-11-18)22-19-7-5-16(6-8-19)15-23-12-9-17-3-1-2-4-20(17)23/h1-8,10H,9,11-15H2,(H,22,24). The van der Waals surface area contributed by atoms with Crippen LogP contribution in [0.2, 0.25) is 0 Å². The molecule has 0 spiro atoms. The number of nitrogens with one attached hydrogen (secondary N) is 1. The van der Waals surface area contributed by atoms with Crippen LogP contribution in [-0.2, 0) is 22.5 Å². The summed E-state index contributed by atoms with van der Waals surface area (Å²) in [4.78, 5) is 14.6. The molecule has 0 aromatic heterocycles. The third kappa shape index (κ3) is 3.59. The van der Waals surface area contributed by atoms with Gasteiger partial charge in [0.25, 0.3) is 5.91 Å². The van der Waals surface area contributed by atoms with Gasteiger partial charge in [0, 0.05) is 36.5 Å². The first-order valence-electron chi connectivity index (χ1n) is 8.79. The van der Waals surface area contributed by atoms with Crippen molar-refractivity contribution >= 4 is 17.3 Å². The molecule has 4 rings (SSSR count). The van der Waals surface area contributed by atoms with Crippen molar-refractivity contribution in [1.29, 1.82) is 0 Å². The third-order valence-corrected chi connectivity index (χ3v) is 4.82. The highest BCUT2D eigenvalue weighted by atomic mass is 16.5. The summed E-state index contributed by atoms with van der Waals surface area (Å²) in [7, 11) is 0. The van der Waals surface area contributed by atoms with E-state index in [4.69, 9.17) is 4.74 Å². The fraction of sp³-hybridized carbons (Fsp3) is 0.286. The van der Waals surface area contributed by atoms with Gasteiger partial charge in [0.2, 0.25) is 0 Å². The molecule has 1 amide bonds. The molecule has 0 aliphatic carbocycles. The number of rotatable bonds is 4. The number of anilines is 2. The molecule has 0 radical (unpaired) electrons. The lowest BCUT2D eigenvalue weighted by Crippen LogP contribution is -2.20. The van der Waals surface area contributed by atoms with E-state index in [1.165, 1.54) is 16.8 Å². The Labute approximate surface area is 148 Å². The molecule has 0 saturated heterocycles. The SMILES string of the molecule is O=C(Nc1ccc(CN2CCc3ccccc32)cc1)C1=CCOCC1. The van der Waals surface area contributed by atoms with Crippen LogP contribution in [-0.4, -0.2) is 25.7 Å². The van der Waals surface area contributed by atoms with Gasteiger partial charge in [-0.25, -0.2) is 0 Å². The van der Waals surface area contributed by atoms with Crippen LogP contribution in [0, 0.1) is 0 Å². The van der Waals surface area contributed by atoms with Gasteiger partial charge in [-0.05, 0) is 35.7 Å². The summed E-state index contributed by atoms with van der Waals surface area (Å²) in [5, 5.41) is 2.97. The van der Waals surface area contributed by atoms with Crippen molar-refractivity contribution in [3.8, 4) is 0 Å². The highest BCUT2D eigenvalue weighted by Gasteiger charge is 2.18. The highest BCUT2D eigenvalue weighted by Crippen LogP contribution is 2.29. The van der Waals surface area contributed by atoms with Gasteiger partial charge >= 0.3 is 0 Å². The number of ether oxygens (including phenoxy) is 1. The second-order valence-corrected chi connectivity index (χ2v) is 6.51. The van der Waals surface area contributed by atoms with Crippen LogP contribution in [0.25, 0.3) is 0 Å². The molecule has 4 heteroatoms. The number of hydrogen-bond donors (Lipinski definition) is 1. The zero-order valence-corrected chi connectivity index (χ0v) is 14.2. The van der Waals surface area contributed by atoms with Gasteiger partial charge in [0.1, 0.15) is 0 Å². The molecule has 25 heavy (non-hydrogen) atoms. The van der Waals surface area contributed by atoms with Crippen molar-refractivity contribution in [2.24, 2.45) is 0 Å². The largest absolute Gasteiger partial charge is 0.377 e. The van der Waals surface area contributed by atoms with E-state index in [2.05, 4.69) is 46.6 Å². The molecule has 2 heterocycles. The van der Waals surface area contributed by atoms with Crippen LogP contribution in [0.5, 0.6) is 0 Å². The Morgan fingerprint density at radius 3 is 2.72 bits per heavy atom. The van der Waals surface area contributed by atoms with Crippen LogP contribution in [0.15, 0.2) is 60.2 Å². The number of para-hydroxylation sites is 1. The minimum Gasteiger partial charge on any atom is -0.377 e. The first-order chi connectivity index (χ1) is 12.3. The summed E-state index contributed by atoms with van der Waals surface area (Å²) < 4.78 is 5.24. The Hall–Kier alpha value is -2.59. The van der Waals surface area contributed by atoms with Gasteiger partial charge < -0.3 is 15.0 Å². The van der Waals surface area contributed by atoms with Gasteiger partial charge in [-0.2, -0.15) is 0 Å². The van der Waals surface area contributed by atoms with Crippen molar-refractivity contribution in [2.45, 2.75) is 19.4 Å². The Balaban J connectivity index is 1.39. The molecule has 0 atom stereocenters. The van der Waals surface area contributed by atoms with Gasteiger partial charge in [-0.15, -0.1) is 0 Å². The number of amides is 1. The van der Waals surface area contributed by atoms with E-state index in [0.29, 0.717) is 19.6 Å². The second kappa shape index (κ2) is 7.11. The molecule has 4 nitrogen and oxygen atoms in total. The van der Waals surface area contributed by atoms with Crippen LogP contribution in [0.4, 0.5) is 11.4 Å². The Morgan fingerprint density at radius 2 is 1.92 bits per heavy atom. The third-order valence-electron chi connectivity index (χ3n) is 4.82. The van der Waals surface area contributed by atoms with Crippen molar-refractivity contribution in [1.82, 2.24) is 0 Å². The predicted molar refractivity (Wildman–Crippen MR) is 99.8 cm³/mol. The van der Waals surface area contributed by atoms with Crippen LogP contribution >= 0.6 is 0 Å². The minimum absolute atomic E-state index is 0.0236. The van der Waals surface area contributed by atoms with Crippen molar-refractivity contribution < 1.29 is 9.53 Å². The topological polar surface area (TPSA) is 41.6 Å². The van der Waals surface area contributed by atoms with Crippen molar-refractivity contribution in [2.75, 3.05) is 30.0 Å². The molecule has 2 aromatic carbocycles. The monoisotopic (exact) mass is 334 g/mol. The van der Waals surface area contributed by atoms with Crippen molar-refractivity contribution in [3.05, 3.63) is 71.3 Å². The molecule has 0 bridgehead atoms. The van der Waals surface area contributed by atoms with E-state index in [-0.39, 0.29) is 5.91 Å². The average molecular weight is 334 g/mol. The fourth-order valence-corrected chi connectivity index (χ4v) is 3.43. The molecule has 0 unspecified atom stereocenters. The van der Waals surface area contributed by atoms with E-state index in [0.717, 1.165) is 30.8 Å². The quantitative estimate of drug-likeness (QED) is 0.930. The molecular formula is C21H22N2O2. The second-order valence-electron chi connectivity index (χ2n) is 6.51. The fourth-order valence-electron chi connectivity index (χ4n) is 3.43. The van der Waals surface area contributed by atoms with Gasteiger partial charge in [-0.1, -0.05) is 36.4 Å². The lowest BCUT2D eigenvalue weighted by atomic mass is 10.1. The Bertz CT molecular complexity index is 796. The van der Waals surface area contributed by atoms with E-state index in [9.17, 15) is 4.79 Å². The number of carbonyl (C=O) groups excluding carboxylic acids is 1.